The van der Waals surface area contributed by atoms with Gasteiger partial charge in [-0.05, 0) is 44.4 Å². The van der Waals surface area contributed by atoms with Gasteiger partial charge in [-0.25, -0.2) is 4.39 Å². The Morgan fingerprint density at radius 2 is 2.19 bits per heavy atom. The zero-order valence-corrected chi connectivity index (χ0v) is 21.2. The largest absolute Gasteiger partial charge is 0.367 e. The molecule has 172 valence electrons. The molecule has 2 heterocycles. The van der Waals surface area contributed by atoms with E-state index >= 15 is 0 Å². The smallest absolute Gasteiger partial charge is 0.228 e. The number of piperidine rings is 1. The van der Waals surface area contributed by atoms with Gasteiger partial charge in [-0.15, -0.1) is 24.0 Å². The van der Waals surface area contributed by atoms with Crippen LogP contribution in [-0.2, 0) is 6.42 Å². The molecule has 0 aliphatic carbocycles. The number of rotatable bonds is 7. The van der Waals surface area contributed by atoms with Crippen molar-refractivity contribution in [2.75, 3.05) is 31.1 Å². The summed E-state index contributed by atoms with van der Waals surface area (Å²) < 4.78 is 19.6. The lowest BCUT2D eigenvalue weighted by Gasteiger charge is -2.35. The number of hydrogen-bond acceptors (Lipinski definition) is 5. The minimum Gasteiger partial charge on any atom is -0.367 e. The monoisotopic (exact) mass is 544 g/mol. The predicted molar refractivity (Wildman–Crippen MR) is 133 cm³/mol. The van der Waals surface area contributed by atoms with E-state index < -0.39 is 0 Å². The van der Waals surface area contributed by atoms with E-state index in [2.05, 4.69) is 30.7 Å². The van der Waals surface area contributed by atoms with Crippen molar-refractivity contribution in [3.63, 3.8) is 0 Å². The molecule has 1 aromatic carbocycles. The van der Waals surface area contributed by atoms with Crippen molar-refractivity contribution < 1.29 is 8.91 Å². The van der Waals surface area contributed by atoms with E-state index in [1.807, 2.05) is 39.8 Å². The lowest BCUT2D eigenvalue weighted by molar-refractivity contribution is 0.372. The number of guanidine groups is 1. The first-order valence-corrected chi connectivity index (χ1v) is 10.8. The van der Waals surface area contributed by atoms with Crippen molar-refractivity contribution in [2.45, 2.75) is 58.9 Å². The van der Waals surface area contributed by atoms with Crippen LogP contribution in [0.5, 0.6) is 0 Å². The SMILES string of the molecule is CCNC(=NCCc1nc(C(C)C)no1)NC1CCCN(c2cc(C)ccc2F)C1.I. The molecule has 1 aliphatic heterocycles. The molecule has 1 aromatic heterocycles. The van der Waals surface area contributed by atoms with Gasteiger partial charge in [-0.1, -0.05) is 25.1 Å². The molecule has 0 saturated carbocycles. The van der Waals surface area contributed by atoms with Crippen LogP contribution in [0, 0.1) is 12.7 Å². The number of aryl methyl sites for hydroxylation is 1. The summed E-state index contributed by atoms with van der Waals surface area (Å²) in [5, 5.41) is 10.8. The molecule has 0 bridgehead atoms. The number of hydrogen-bond donors (Lipinski definition) is 2. The van der Waals surface area contributed by atoms with Crippen LogP contribution in [0.25, 0.3) is 0 Å². The van der Waals surface area contributed by atoms with Gasteiger partial charge in [0.05, 0.1) is 12.2 Å². The van der Waals surface area contributed by atoms with Gasteiger partial charge in [0, 0.05) is 38.0 Å². The molecule has 1 saturated heterocycles. The van der Waals surface area contributed by atoms with Crippen molar-refractivity contribution in [2.24, 2.45) is 4.99 Å². The Bertz CT molecular complexity index is 856. The third-order valence-electron chi connectivity index (χ3n) is 5.14. The summed E-state index contributed by atoms with van der Waals surface area (Å²) in [5.74, 6) is 2.18. The Morgan fingerprint density at radius 3 is 2.90 bits per heavy atom. The molecule has 9 heteroatoms. The maximum absolute atomic E-state index is 14.3. The van der Waals surface area contributed by atoms with E-state index in [9.17, 15) is 4.39 Å². The second kappa shape index (κ2) is 12.2. The summed E-state index contributed by atoms with van der Waals surface area (Å²) in [6.45, 7) is 11.0. The first-order valence-electron chi connectivity index (χ1n) is 10.8. The van der Waals surface area contributed by atoms with E-state index in [0.29, 0.717) is 24.5 Å². The highest BCUT2D eigenvalue weighted by Gasteiger charge is 2.23. The van der Waals surface area contributed by atoms with Gasteiger partial charge in [0.25, 0.3) is 0 Å². The zero-order chi connectivity index (χ0) is 21.5. The Kier molecular flexibility index (Phi) is 9.98. The Labute approximate surface area is 201 Å². The third kappa shape index (κ3) is 7.33. The Balaban J connectivity index is 0.00000341. The lowest BCUT2D eigenvalue weighted by Crippen LogP contribution is -2.51. The van der Waals surface area contributed by atoms with E-state index in [4.69, 9.17) is 4.52 Å². The summed E-state index contributed by atoms with van der Waals surface area (Å²) in [6, 6.07) is 5.48. The summed E-state index contributed by atoms with van der Waals surface area (Å²) >= 11 is 0. The van der Waals surface area contributed by atoms with Crippen LogP contribution < -0.4 is 15.5 Å². The predicted octanol–water partition coefficient (Wildman–Crippen LogP) is 4.03. The van der Waals surface area contributed by atoms with Gasteiger partial charge in [0.15, 0.2) is 11.8 Å². The van der Waals surface area contributed by atoms with Crippen LogP contribution in [-0.4, -0.2) is 48.3 Å². The van der Waals surface area contributed by atoms with Crippen LogP contribution in [0.4, 0.5) is 10.1 Å². The highest BCUT2D eigenvalue weighted by Crippen LogP contribution is 2.24. The number of halogens is 2. The minimum atomic E-state index is -0.165. The van der Waals surface area contributed by atoms with Crippen LogP contribution in [0.2, 0.25) is 0 Å². The Morgan fingerprint density at radius 1 is 1.39 bits per heavy atom. The van der Waals surface area contributed by atoms with Crippen LogP contribution >= 0.6 is 24.0 Å². The molecule has 0 radical (unpaired) electrons. The van der Waals surface area contributed by atoms with Crippen molar-refractivity contribution in [1.82, 2.24) is 20.8 Å². The summed E-state index contributed by atoms with van der Waals surface area (Å²) in [4.78, 5) is 11.2. The fourth-order valence-corrected chi connectivity index (χ4v) is 3.56. The average Bonchev–Trinajstić information content (AvgIpc) is 3.19. The number of aliphatic imine (C=N–C) groups is 1. The molecule has 1 unspecified atom stereocenters. The standard InChI is InChI=1S/C22H33FN6O.HI/c1-5-24-22(25-11-10-20-27-21(15(2)3)28-30-20)26-17-7-6-12-29(14-17)19-13-16(4)8-9-18(19)23;/h8-9,13,15,17H,5-7,10-12,14H2,1-4H3,(H2,24,25,26);1H. The lowest BCUT2D eigenvalue weighted by atomic mass is 10.0. The van der Waals surface area contributed by atoms with E-state index in [-0.39, 0.29) is 41.8 Å². The fraction of sp³-hybridized carbons (Fsp3) is 0.591. The molecule has 31 heavy (non-hydrogen) atoms. The molecule has 0 amide bonds. The van der Waals surface area contributed by atoms with Crippen molar-refractivity contribution >= 4 is 35.6 Å². The minimum absolute atomic E-state index is 0. The molecule has 0 spiro atoms. The highest BCUT2D eigenvalue weighted by atomic mass is 127. The Hall–Kier alpha value is -1.91. The average molecular weight is 544 g/mol. The highest BCUT2D eigenvalue weighted by molar-refractivity contribution is 14.0. The van der Waals surface area contributed by atoms with Gasteiger partial charge < -0.3 is 20.1 Å². The number of benzene rings is 1. The molecule has 1 fully saturated rings. The second-order valence-electron chi connectivity index (χ2n) is 8.10. The molecule has 3 rings (SSSR count). The maximum Gasteiger partial charge on any atom is 0.228 e. The van der Waals surface area contributed by atoms with Gasteiger partial charge in [0.2, 0.25) is 5.89 Å². The number of nitrogens with one attached hydrogen (secondary N) is 2. The summed E-state index contributed by atoms with van der Waals surface area (Å²) in [6.07, 6.45) is 2.63. The van der Waals surface area contributed by atoms with Crippen molar-refractivity contribution in [3.8, 4) is 0 Å². The number of anilines is 1. The van der Waals surface area contributed by atoms with Crippen molar-refractivity contribution in [3.05, 3.63) is 41.3 Å². The van der Waals surface area contributed by atoms with Crippen molar-refractivity contribution in [1.29, 1.82) is 0 Å². The summed E-state index contributed by atoms with van der Waals surface area (Å²) in [5.41, 5.74) is 1.75. The van der Waals surface area contributed by atoms with Crippen LogP contribution in [0.3, 0.4) is 0 Å². The molecule has 1 atom stereocenters. The van der Waals surface area contributed by atoms with Gasteiger partial charge in [-0.2, -0.15) is 4.98 Å². The van der Waals surface area contributed by atoms with Gasteiger partial charge in [-0.3, -0.25) is 4.99 Å². The van der Waals surface area contributed by atoms with Gasteiger partial charge in [0.1, 0.15) is 5.82 Å². The zero-order valence-electron chi connectivity index (χ0n) is 18.8. The van der Waals surface area contributed by atoms with Crippen LogP contribution in [0.1, 0.15) is 56.8 Å². The molecule has 2 N–H and O–H groups in total. The topological polar surface area (TPSA) is 78.6 Å². The van der Waals surface area contributed by atoms with Gasteiger partial charge >= 0.3 is 0 Å². The number of nitrogens with zero attached hydrogens (tertiary/aromatic N) is 4. The quantitative estimate of drug-likeness (QED) is 0.312. The van der Waals surface area contributed by atoms with E-state index in [1.54, 1.807) is 6.07 Å². The fourth-order valence-electron chi connectivity index (χ4n) is 3.56. The molecule has 1 aliphatic rings. The molecule has 7 nitrogen and oxygen atoms in total. The third-order valence-corrected chi connectivity index (χ3v) is 5.14. The normalized spacial score (nSPS) is 16.9. The maximum atomic E-state index is 14.3. The van der Waals surface area contributed by atoms with Crippen LogP contribution in [0.15, 0.2) is 27.7 Å². The first-order chi connectivity index (χ1) is 14.5. The molecular formula is C22H34FIN6O. The second-order valence-corrected chi connectivity index (χ2v) is 8.10. The molecule has 2 aromatic rings. The summed E-state index contributed by atoms with van der Waals surface area (Å²) in [7, 11) is 0. The molecular weight excluding hydrogens is 510 g/mol. The van der Waals surface area contributed by atoms with E-state index in [0.717, 1.165) is 49.8 Å². The first kappa shape index (κ1) is 25.4. The number of aromatic nitrogens is 2. The van der Waals surface area contributed by atoms with E-state index in [1.165, 1.54) is 0 Å².